The molecule has 1 heterocycles. The maximum atomic E-state index is 11.0. The predicted octanol–water partition coefficient (Wildman–Crippen LogP) is 0.107. The van der Waals surface area contributed by atoms with E-state index < -0.39 is 0 Å². The first-order valence-corrected chi connectivity index (χ1v) is 4.75. The second kappa shape index (κ2) is 3.05. The lowest BCUT2D eigenvalue weighted by Gasteiger charge is -2.38. The van der Waals surface area contributed by atoms with Gasteiger partial charge >= 0.3 is 0 Å². The molecule has 1 aliphatic heterocycles. The van der Waals surface area contributed by atoms with E-state index in [4.69, 9.17) is 5.73 Å². The number of primary amides is 1. The Morgan fingerprint density at radius 3 is 2.25 bits per heavy atom. The topological polar surface area (TPSA) is 55.1 Å². The molecule has 68 valence electrons. The predicted molar refractivity (Wildman–Crippen MR) is 46.4 cm³/mol. The van der Waals surface area contributed by atoms with E-state index in [1.807, 2.05) is 0 Å². The third-order valence-corrected chi connectivity index (χ3v) is 3.17. The summed E-state index contributed by atoms with van der Waals surface area (Å²) < 4.78 is 0. The SMILES string of the molecule is NC(=O)C1CC2CNCC(C2)C1. The summed E-state index contributed by atoms with van der Waals surface area (Å²) in [6.45, 7) is 2.17. The highest BCUT2D eigenvalue weighted by Crippen LogP contribution is 2.34. The monoisotopic (exact) mass is 168 g/mol. The van der Waals surface area contributed by atoms with E-state index in [0.717, 1.165) is 25.9 Å². The molecule has 3 heteroatoms. The van der Waals surface area contributed by atoms with Gasteiger partial charge in [-0.1, -0.05) is 0 Å². The van der Waals surface area contributed by atoms with Gasteiger partial charge in [-0.3, -0.25) is 4.79 Å². The van der Waals surface area contributed by atoms with Gasteiger partial charge in [0.15, 0.2) is 0 Å². The Balaban J connectivity index is 2.00. The van der Waals surface area contributed by atoms with Gasteiger partial charge in [0.1, 0.15) is 0 Å². The van der Waals surface area contributed by atoms with Gasteiger partial charge in [-0.2, -0.15) is 0 Å². The van der Waals surface area contributed by atoms with Crippen LogP contribution in [0.2, 0.25) is 0 Å². The summed E-state index contributed by atoms with van der Waals surface area (Å²) in [5, 5.41) is 3.39. The summed E-state index contributed by atoms with van der Waals surface area (Å²) in [6.07, 6.45) is 3.33. The summed E-state index contributed by atoms with van der Waals surface area (Å²) in [4.78, 5) is 11.0. The average Bonchev–Trinajstić information content (AvgIpc) is 2.03. The fraction of sp³-hybridized carbons (Fsp3) is 0.889. The first kappa shape index (κ1) is 8.05. The van der Waals surface area contributed by atoms with Gasteiger partial charge in [-0.05, 0) is 44.2 Å². The molecule has 2 bridgehead atoms. The van der Waals surface area contributed by atoms with Crippen LogP contribution in [0.15, 0.2) is 0 Å². The van der Waals surface area contributed by atoms with Gasteiger partial charge in [-0.25, -0.2) is 0 Å². The van der Waals surface area contributed by atoms with Crippen molar-refractivity contribution < 1.29 is 4.79 Å². The van der Waals surface area contributed by atoms with Gasteiger partial charge in [0.25, 0.3) is 0 Å². The van der Waals surface area contributed by atoms with Crippen LogP contribution >= 0.6 is 0 Å². The van der Waals surface area contributed by atoms with Crippen molar-refractivity contribution in [2.24, 2.45) is 23.5 Å². The van der Waals surface area contributed by atoms with Crippen molar-refractivity contribution in [3.05, 3.63) is 0 Å². The molecule has 0 aromatic carbocycles. The number of nitrogens with two attached hydrogens (primary N) is 1. The molecule has 2 aliphatic rings. The Bertz CT molecular complexity index is 181. The molecule has 3 nitrogen and oxygen atoms in total. The Hall–Kier alpha value is -0.570. The first-order chi connectivity index (χ1) is 5.75. The second-order valence-electron chi connectivity index (χ2n) is 4.20. The van der Waals surface area contributed by atoms with Gasteiger partial charge in [0.05, 0.1) is 0 Å². The zero-order valence-electron chi connectivity index (χ0n) is 7.25. The second-order valence-corrected chi connectivity index (χ2v) is 4.20. The molecule has 2 rings (SSSR count). The van der Waals surface area contributed by atoms with E-state index in [1.165, 1.54) is 6.42 Å². The van der Waals surface area contributed by atoms with E-state index >= 15 is 0 Å². The van der Waals surface area contributed by atoms with Crippen LogP contribution < -0.4 is 11.1 Å². The van der Waals surface area contributed by atoms with E-state index in [-0.39, 0.29) is 11.8 Å². The Morgan fingerprint density at radius 2 is 1.75 bits per heavy atom. The average molecular weight is 168 g/mol. The number of rotatable bonds is 1. The number of amides is 1. The number of hydrogen-bond donors (Lipinski definition) is 2. The molecule has 1 amide bonds. The third kappa shape index (κ3) is 1.46. The molecule has 12 heavy (non-hydrogen) atoms. The summed E-state index contributed by atoms with van der Waals surface area (Å²) in [6, 6.07) is 0. The lowest BCUT2D eigenvalue weighted by molar-refractivity contribution is -0.124. The molecule has 2 atom stereocenters. The molecule has 0 spiro atoms. The molecular formula is C9H16N2O. The van der Waals surface area contributed by atoms with E-state index in [0.29, 0.717) is 11.8 Å². The minimum absolute atomic E-state index is 0.0911. The molecule has 0 radical (unpaired) electrons. The Morgan fingerprint density at radius 1 is 1.17 bits per heavy atom. The summed E-state index contributed by atoms with van der Waals surface area (Å²) in [7, 11) is 0. The highest BCUT2D eigenvalue weighted by molar-refractivity contribution is 5.76. The molecule has 3 N–H and O–H groups in total. The van der Waals surface area contributed by atoms with E-state index in [1.54, 1.807) is 0 Å². The quantitative estimate of drug-likeness (QED) is 0.583. The van der Waals surface area contributed by atoms with Gasteiger partial charge in [0, 0.05) is 5.92 Å². The van der Waals surface area contributed by atoms with Crippen molar-refractivity contribution in [1.29, 1.82) is 0 Å². The van der Waals surface area contributed by atoms with Crippen molar-refractivity contribution in [2.75, 3.05) is 13.1 Å². The fourth-order valence-electron chi connectivity index (χ4n) is 2.62. The Kier molecular flexibility index (Phi) is 2.05. The number of piperidine rings is 1. The molecule has 2 unspecified atom stereocenters. The number of fused-ring (bicyclic) bond motifs is 2. The standard InChI is InChI=1S/C9H16N2O/c10-9(12)8-2-6-1-7(3-8)5-11-4-6/h6-8,11H,1-5H2,(H2,10,12). The van der Waals surface area contributed by atoms with Crippen molar-refractivity contribution >= 4 is 5.91 Å². The zero-order chi connectivity index (χ0) is 8.55. The summed E-state index contributed by atoms with van der Waals surface area (Å²) in [5.74, 6) is 1.48. The lowest BCUT2D eigenvalue weighted by atomic mass is 9.73. The van der Waals surface area contributed by atoms with Crippen LogP contribution in [0.1, 0.15) is 19.3 Å². The van der Waals surface area contributed by atoms with Crippen LogP contribution in [0.3, 0.4) is 0 Å². The smallest absolute Gasteiger partial charge is 0.220 e. The number of hydrogen-bond acceptors (Lipinski definition) is 2. The van der Waals surface area contributed by atoms with Crippen molar-refractivity contribution in [1.82, 2.24) is 5.32 Å². The lowest BCUT2D eigenvalue weighted by Crippen LogP contribution is -2.44. The van der Waals surface area contributed by atoms with Crippen LogP contribution in [0.5, 0.6) is 0 Å². The normalized spacial score (nSPS) is 40.8. The van der Waals surface area contributed by atoms with Crippen LogP contribution in [0, 0.1) is 17.8 Å². The molecule has 1 aliphatic carbocycles. The van der Waals surface area contributed by atoms with Crippen LogP contribution in [0.4, 0.5) is 0 Å². The van der Waals surface area contributed by atoms with E-state index in [2.05, 4.69) is 5.32 Å². The van der Waals surface area contributed by atoms with Gasteiger partial charge < -0.3 is 11.1 Å². The van der Waals surface area contributed by atoms with Crippen LogP contribution in [0.25, 0.3) is 0 Å². The number of carbonyl (C=O) groups is 1. The molecule has 1 saturated carbocycles. The summed E-state index contributed by atoms with van der Waals surface area (Å²) in [5.41, 5.74) is 5.31. The highest BCUT2D eigenvalue weighted by Gasteiger charge is 2.33. The van der Waals surface area contributed by atoms with Crippen molar-refractivity contribution in [3.63, 3.8) is 0 Å². The summed E-state index contributed by atoms with van der Waals surface area (Å²) >= 11 is 0. The molecular weight excluding hydrogens is 152 g/mol. The molecule has 2 fully saturated rings. The third-order valence-electron chi connectivity index (χ3n) is 3.17. The number of nitrogens with one attached hydrogen (secondary N) is 1. The number of carbonyl (C=O) groups excluding carboxylic acids is 1. The van der Waals surface area contributed by atoms with Gasteiger partial charge in [0.2, 0.25) is 5.91 Å². The minimum Gasteiger partial charge on any atom is -0.369 e. The largest absolute Gasteiger partial charge is 0.369 e. The van der Waals surface area contributed by atoms with Crippen LogP contribution in [-0.4, -0.2) is 19.0 Å². The molecule has 1 saturated heterocycles. The van der Waals surface area contributed by atoms with Crippen molar-refractivity contribution in [3.8, 4) is 0 Å². The van der Waals surface area contributed by atoms with Crippen LogP contribution in [-0.2, 0) is 4.79 Å². The van der Waals surface area contributed by atoms with Crippen molar-refractivity contribution in [2.45, 2.75) is 19.3 Å². The molecule has 0 aromatic heterocycles. The maximum absolute atomic E-state index is 11.0. The van der Waals surface area contributed by atoms with E-state index in [9.17, 15) is 4.79 Å². The minimum atomic E-state index is -0.0911. The first-order valence-electron chi connectivity index (χ1n) is 4.75. The van der Waals surface area contributed by atoms with Gasteiger partial charge in [-0.15, -0.1) is 0 Å². The zero-order valence-corrected chi connectivity index (χ0v) is 7.25. The Labute approximate surface area is 72.7 Å². The highest BCUT2D eigenvalue weighted by atomic mass is 16.1. The molecule has 0 aromatic rings. The fourth-order valence-corrected chi connectivity index (χ4v) is 2.62. The maximum Gasteiger partial charge on any atom is 0.220 e.